The molecule has 0 radical (unpaired) electrons. The van der Waals surface area contributed by atoms with Crippen molar-refractivity contribution >= 4 is 46.1 Å². The third-order valence-corrected chi connectivity index (χ3v) is 9.44. The molecule has 0 bridgehead atoms. The van der Waals surface area contributed by atoms with Crippen molar-refractivity contribution in [2.75, 3.05) is 4.90 Å². The average molecular weight is 612 g/mol. The summed E-state index contributed by atoms with van der Waals surface area (Å²) in [5.74, 6) is -0.662. The highest BCUT2D eigenvalue weighted by Gasteiger charge is 2.63. The van der Waals surface area contributed by atoms with Crippen LogP contribution in [0.4, 0.5) is 10.5 Å². The second kappa shape index (κ2) is 10.7. The predicted octanol–water partition coefficient (Wildman–Crippen LogP) is 9.62. The Labute approximate surface area is 265 Å². The minimum atomic E-state index is -1.34. The minimum absolute atomic E-state index is 0.136. The van der Waals surface area contributed by atoms with Crippen LogP contribution >= 0.6 is 23.4 Å². The maximum absolute atomic E-state index is 14.1. The highest BCUT2D eigenvalue weighted by Crippen LogP contribution is 2.57. The number of nitrogens with zero attached hydrogens (tertiary/aromatic N) is 3. The van der Waals surface area contributed by atoms with E-state index in [0.717, 1.165) is 44.1 Å². The Morgan fingerprint density at radius 3 is 2.14 bits per heavy atom. The molecule has 3 heterocycles. The number of thioether (sulfide) groups is 1. The number of carbonyl (C=O) groups excluding carboxylic acids is 1. The van der Waals surface area contributed by atoms with Crippen LogP contribution in [0.25, 0.3) is 17.2 Å². The van der Waals surface area contributed by atoms with Crippen LogP contribution in [-0.2, 0) is 0 Å². The molecule has 8 rings (SSSR count). The minimum Gasteiger partial charge on any atom is -0.443 e. The lowest BCUT2D eigenvalue weighted by atomic mass is 9.95. The molecule has 3 aliphatic rings. The van der Waals surface area contributed by atoms with Crippen LogP contribution in [0.15, 0.2) is 143 Å². The molecule has 0 saturated carbocycles. The fourth-order valence-corrected chi connectivity index (χ4v) is 7.44. The van der Waals surface area contributed by atoms with Gasteiger partial charge in [0, 0.05) is 17.0 Å². The molecule has 1 fully saturated rings. The number of hydrogen-bond donors (Lipinski definition) is 0. The number of amides is 1. The Morgan fingerprint density at radius 1 is 0.795 bits per heavy atom. The number of ether oxygens (including phenoxy) is 1. The van der Waals surface area contributed by atoms with Gasteiger partial charge in [-0.15, -0.1) is 0 Å². The van der Waals surface area contributed by atoms with Crippen LogP contribution in [0.5, 0.6) is 5.75 Å². The monoisotopic (exact) mass is 611 g/mol. The molecule has 0 N–H and O–H groups in total. The smallest absolute Gasteiger partial charge is 0.321 e. The molecule has 5 aromatic rings. The lowest BCUT2D eigenvalue weighted by molar-refractivity contribution is -0.0763. The maximum Gasteiger partial charge on any atom is 0.321 e. The van der Waals surface area contributed by atoms with E-state index < -0.39 is 5.85 Å². The predicted molar refractivity (Wildman–Crippen MR) is 179 cm³/mol. The topological polar surface area (TPSA) is 45.1 Å². The van der Waals surface area contributed by atoms with Crippen LogP contribution in [0, 0.1) is 0 Å². The number of rotatable bonds is 4. The van der Waals surface area contributed by atoms with Crippen molar-refractivity contribution in [3.8, 4) is 16.9 Å². The summed E-state index contributed by atoms with van der Waals surface area (Å²) >= 11 is 7.70. The fraction of sp³-hybridized carbons (Fsp3) is 0.0811. The lowest BCUT2D eigenvalue weighted by Crippen LogP contribution is -2.63. The van der Waals surface area contributed by atoms with Crippen molar-refractivity contribution in [2.45, 2.75) is 18.3 Å². The Morgan fingerprint density at radius 2 is 1.43 bits per heavy atom. The average Bonchev–Trinajstić information content (AvgIpc) is 3.64. The standard InChI is InChI=1S/C37H26ClN3O2S/c38-29-20-21-34-31(23-29)33-24-32(28-12-6-2-7-13-28)39-41(33)37(43-34)35(44-36(42)40(37)30-14-8-3-9-15-30)22-25-16-18-27(19-17-25)26-10-4-1-5-11-26/h1-23,33H,24H2/b35-22-. The summed E-state index contributed by atoms with van der Waals surface area (Å²) in [6.07, 6.45) is 2.69. The largest absolute Gasteiger partial charge is 0.443 e. The molecule has 214 valence electrons. The van der Waals surface area contributed by atoms with E-state index in [2.05, 4.69) is 48.5 Å². The number of para-hydroxylation sites is 1. The first kappa shape index (κ1) is 26.8. The molecule has 44 heavy (non-hydrogen) atoms. The molecule has 5 aromatic carbocycles. The van der Waals surface area contributed by atoms with Crippen LogP contribution < -0.4 is 9.64 Å². The summed E-state index contributed by atoms with van der Waals surface area (Å²) in [6, 6.07) is 44.0. The molecule has 3 aliphatic heterocycles. The van der Waals surface area contributed by atoms with Gasteiger partial charge in [-0.1, -0.05) is 115 Å². The Kier molecular flexibility index (Phi) is 6.54. The van der Waals surface area contributed by atoms with Crippen molar-refractivity contribution in [1.82, 2.24) is 5.01 Å². The summed E-state index contributed by atoms with van der Waals surface area (Å²) in [4.78, 5) is 16.5. The van der Waals surface area contributed by atoms with Gasteiger partial charge in [0.15, 0.2) is 0 Å². The first-order valence-electron chi connectivity index (χ1n) is 14.5. The maximum atomic E-state index is 14.1. The Hall–Kier alpha value is -4.78. The van der Waals surface area contributed by atoms with Crippen LogP contribution in [0.1, 0.15) is 29.2 Å². The molecule has 1 amide bonds. The first-order valence-corrected chi connectivity index (χ1v) is 15.6. The Balaban J connectivity index is 1.32. The third-order valence-electron chi connectivity index (χ3n) is 8.24. The van der Waals surface area contributed by atoms with Gasteiger partial charge >= 0.3 is 5.85 Å². The van der Waals surface area contributed by atoms with Gasteiger partial charge in [-0.25, -0.2) is 9.91 Å². The zero-order valence-electron chi connectivity index (χ0n) is 23.5. The van der Waals surface area contributed by atoms with Crippen LogP contribution in [0.3, 0.4) is 0 Å². The highest BCUT2D eigenvalue weighted by molar-refractivity contribution is 8.17. The first-order chi connectivity index (χ1) is 21.6. The second-order valence-corrected chi connectivity index (χ2v) is 12.3. The van der Waals surface area contributed by atoms with Crippen molar-refractivity contribution in [2.24, 2.45) is 5.10 Å². The van der Waals surface area contributed by atoms with E-state index in [1.165, 1.54) is 11.8 Å². The number of halogens is 1. The molecule has 2 atom stereocenters. The molecular formula is C37H26ClN3O2S. The number of anilines is 1. The van der Waals surface area contributed by atoms with E-state index in [-0.39, 0.29) is 11.3 Å². The number of hydrogen-bond acceptors (Lipinski definition) is 5. The van der Waals surface area contributed by atoms with Gasteiger partial charge in [-0.3, -0.25) is 4.79 Å². The summed E-state index contributed by atoms with van der Waals surface area (Å²) in [6.45, 7) is 0. The second-order valence-electron chi connectivity index (χ2n) is 10.9. The van der Waals surface area contributed by atoms with Gasteiger partial charge < -0.3 is 4.74 Å². The fourth-order valence-electron chi connectivity index (χ4n) is 6.20. The van der Waals surface area contributed by atoms with Crippen molar-refractivity contribution in [3.63, 3.8) is 0 Å². The molecule has 1 saturated heterocycles. The molecular weight excluding hydrogens is 586 g/mol. The molecule has 1 spiro atoms. The molecule has 7 heteroatoms. The van der Waals surface area contributed by atoms with E-state index >= 15 is 0 Å². The molecule has 2 unspecified atom stereocenters. The van der Waals surface area contributed by atoms with Crippen LogP contribution in [-0.4, -0.2) is 21.8 Å². The molecule has 0 aliphatic carbocycles. The summed E-state index contributed by atoms with van der Waals surface area (Å²) in [5.41, 5.74) is 6.87. The highest BCUT2D eigenvalue weighted by atomic mass is 35.5. The van der Waals surface area contributed by atoms with Gasteiger partial charge in [0.1, 0.15) is 5.75 Å². The summed E-state index contributed by atoms with van der Waals surface area (Å²) in [5, 5.41) is 7.70. The quantitative estimate of drug-likeness (QED) is 0.203. The number of carbonyl (C=O) groups is 1. The Bertz CT molecular complexity index is 1930. The third kappa shape index (κ3) is 4.41. The number of benzene rings is 5. The SMILES string of the molecule is O=C1S/C(=C\c2ccc(-c3ccccc3)cc2)C2(Oc3ccc(Cl)cc3C3CC(c4ccccc4)=NN32)N1c1ccccc1. The van der Waals surface area contributed by atoms with E-state index in [4.69, 9.17) is 21.4 Å². The van der Waals surface area contributed by atoms with Crippen LogP contribution in [0.2, 0.25) is 5.02 Å². The molecule has 0 aromatic heterocycles. The van der Waals surface area contributed by atoms with Gasteiger partial charge in [0.2, 0.25) is 0 Å². The van der Waals surface area contributed by atoms with Gasteiger partial charge in [-0.2, -0.15) is 5.10 Å². The molecule has 5 nitrogen and oxygen atoms in total. The number of hydrazone groups is 1. The van der Waals surface area contributed by atoms with Crippen molar-refractivity contribution in [3.05, 3.63) is 160 Å². The van der Waals surface area contributed by atoms with E-state index in [9.17, 15) is 4.79 Å². The van der Waals surface area contributed by atoms with Crippen molar-refractivity contribution < 1.29 is 9.53 Å². The van der Waals surface area contributed by atoms with Crippen molar-refractivity contribution in [1.29, 1.82) is 0 Å². The summed E-state index contributed by atoms with van der Waals surface area (Å²) < 4.78 is 7.03. The zero-order chi connectivity index (χ0) is 29.7. The number of fused-ring (bicyclic) bond motifs is 4. The lowest BCUT2D eigenvalue weighted by Gasteiger charge is -2.49. The van der Waals surface area contributed by atoms with E-state index in [1.807, 2.05) is 96.0 Å². The van der Waals surface area contributed by atoms with Gasteiger partial charge in [0.05, 0.1) is 22.3 Å². The van der Waals surface area contributed by atoms with Gasteiger partial charge in [0.25, 0.3) is 5.24 Å². The summed E-state index contributed by atoms with van der Waals surface area (Å²) in [7, 11) is 0. The van der Waals surface area contributed by atoms with E-state index in [0.29, 0.717) is 17.2 Å². The van der Waals surface area contributed by atoms with Gasteiger partial charge in [-0.05, 0) is 70.4 Å². The zero-order valence-corrected chi connectivity index (χ0v) is 25.1. The van der Waals surface area contributed by atoms with E-state index in [1.54, 1.807) is 4.90 Å². The normalized spacial score (nSPS) is 21.3.